The molecule has 106 valence electrons. The van der Waals surface area contributed by atoms with Crippen molar-refractivity contribution >= 4 is 11.8 Å². The van der Waals surface area contributed by atoms with Gasteiger partial charge in [0.2, 0.25) is 5.95 Å². The van der Waals surface area contributed by atoms with Crippen molar-refractivity contribution in [3.05, 3.63) is 47.2 Å². The maximum absolute atomic E-state index is 4.52. The van der Waals surface area contributed by atoms with E-state index in [9.17, 15) is 0 Å². The van der Waals surface area contributed by atoms with Gasteiger partial charge in [0, 0.05) is 24.8 Å². The number of benzene rings is 1. The summed E-state index contributed by atoms with van der Waals surface area (Å²) in [5.74, 6) is 1.58. The second-order valence-corrected chi connectivity index (χ2v) is 4.93. The summed E-state index contributed by atoms with van der Waals surface area (Å²) in [6.07, 6.45) is 2.91. The van der Waals surface area contributed by atoms with E-state index in [1.54, 1.807) is 0 Å². The molecule has 0 atom stereocenters. The molecule has 0 saturated carbocycles. The Labute approximate surface area is 120 Å². The van der Waals surface area contributed by atoms with Gasteiger partial charge in [0.25, 0.3) is 0 Å². The maximum atomic E-state index is 4.52. The molecular weight excluding hydrogens is 248 g/mol. The van der Waals surface area contributed by atoms with Gasteiger partial charge in [-0.15, -0.1) is 0 Å². The fourth-order valence-corrected chi connectivity index (χ4v) is 1.93. The molecular formula is C16H22N4. The summed E-state index contributed by atoms with van der Waals surface area (Å²) in [7, 11) is 0. The van der Waals surface area contributed by atoms with E-state index in [0.29, 0.717) is 5.95 Å². The van der Waals surface area contributed by atoms with Gasteiger partial charge >= 0.3 is 0 Å². The molecule has 0 bridgehead atoms. The van der Waals surface area contributed by atoms with Crippen molar-refractivity contribution in [1.29, 1.82) is 0 Å². The summed E-state index contributed by atoms with van der Waals surface area (Å²) in [6.45, 7) is 7.93. The lowest BCUT2D eigenvalue weighted by atomic mass is 10.1. The minimum Gasteiger partial charge on any atom is -0.366 e. The third kappa shape index (κ3) is 3.70. The number of nitrogens with one attached hydrogen (secondary N) is 2. The largest absolute Gasteiger partial charge is 0.366 e. The molecule has 0 aliphatic carbocycles. The zero-order valence-corrected chi connectivity index (χ0v) is 12.4. The fourth-order valence-electron chi connectivity index (χ4n) is 1.93. The van der Waals surface area contributed by atoms with Crippen LogP contribution in [0.5, 0.6) is 0 Å². The quantitative estimate of drug-likeness (QED) is 0.843. The number of rotatable bonds is 6. The molecule has 0 spiro atoms. The average Bonchev–Trinajstić information content (AvgIpc) is 2.46. The number of aryl methyl sites for hydroxylation is 2. The maximum Gasteiger partial charge on any atom is 0.224 e. The van der Waals surface area contributed by atoms with Crippen molar-refractivity contribution < 1.29 is 0 Å². The third-order valence-electron chi connectivity index (χ3n) is 3.21. The Hall–Kier alpha value is -2.10. The van der Waals surface area contributed by atoms with Crippen LogP contribution >= 0.6 is 0 Å². The smallest absolute Gasteiger partial charge is 0.224 e. The van der Waals surface area contributed by atoms with E-state index in [4.69, 9.17) is 0 Å². The van der Waals surface area contributed by atoms with E-state index >= 15 is 0 Å². The summed E-state index contributed by atoms with van der Waals surface area (Å²) < 4.78 is 0. The van der Waals surface area contributed by atoms with Crippen LogP contribution in [0, 0.1) is 13.8 Å². The summed E-state index contributed by atoms with van der Waals surface area (Å²) in [5.41, 5.74) is 3.63. The van der Waals surface area contributed by atoms with Gasteiger partial charge in [-0.1, -0.05) is 31.2 Å². The van der Waals surface area contributed by atoms with Crippen LogP contribution in [0.1, 0.15) is 30.0 Å². The molecule has 0 aliphatic rings. The van der Waals surface area contributed by atoms with Crippen LogP contribution in [0.15, 0.2) is 30.5 Å². The summed E-state index contributed by atoms with van der Waals surface area (Å²) in [6, 6.07) is 8.37. The molecule has 20 heavy (non-hydrogen) atoms. The first-order chi connectivity index (χ1) is 9.70. The Morgan fingerprint density at radius 1 is 1.05 bits per heavy atom. The highest BCUT2D eigenvalue weighted by molar-refractivity contribution is 5.47. The number of aromatic nitrogens is 2. The lowest BCUT2D eigenvalue weighted by molar-refractivity contribution is 0.946. The molecule has 1 aromatic heterocycles. The lowest BCUT2D eigenvalue weighted by Gasteiger charge is -2.12. The molecule has 0 saturated heterocycles. The van der Waals surface area contributed by atoms with Crippen LogP contribution in [0.4, 0.5) is 11.8 Å². The zero-order valence-electron chi connectivity index (χ0n) is 12.4. The second kappa shape index (κ2) is 6.89. The van der Waals surface area contributed by atoms with Crippen LogP contribution in [-0.2, 0) is 6.54 Å². The first-order valence-electron chi connectivity index (χ1n) is 7.06. The van der Waals surface area contributed by atoms with E-state index in [1.807, 2.05) is 13.1 Å². The van der Waals surface area contributed by atoms with Gasteiger partial charge in [0.1, 0.15) is 5.82 Å². The molecule has 0 amide bonds. The number of hydrogen-bond donors (Lipinski definition) is 2. The average molecular weight is 270 g/mol. The molecule has 0 aliphatic heterocycles. The summed E-state index contributed by atoms with van der Waals surface area (Å²) in [4.78, 5) is 8.81. The van der Waals surface area contributed by atoms with E-state index < -0.39 is 0 Å². The van der Waals surface area contributed by atoms with E-state index in [0.717, 1.165) is 30.9 Å². The van der Waals surface area contributed by atoms with Gasteiger partial charge in [-0.25, -0.2) is 4.98 Å². The summed E-state index contributed by atoms with van der Waals surface area (Å²) >= 11 is 0. The summed E-state index contributed by atoms with van der Waals surface area (Å²) in [5, 5.41) is 6.61. The van der Waals surface area contributed by atoms with Gasteiger partial charge in [0.05, 0.1) is 0 Å². The van der Waals surface area contributed by atoms with Gasteiger partial charge < -0.3 is 10.6 Å². The normalized spacial score (nSPS) is 10.3. The van der Waals surface area contributed by atoms with Crippen molar-refractivity contribution in [2.75, 3.05) is 17.2 Å². The van der Waals surface area contributed by atoms with Crippen molar-refractivity contribution in [1.82, 2.24) is 9.97 Å². The highest BCUT2D eigenvalue weighted by Crippen LogP contribution is 2.15. The van der Waals surface area contributed by atoms with E-state index in [1.165, 1.54) is 11.1 Å². The molecule has 2 aromatic rings. The number of hydrogen-bond acceptors (Lipinski definition) is 4. The lowest BCUT2D eigenvalue weighted by Crippen LogP contribution is -2.09. The van der Waals surface area contributed by atoms with Crippen LogP contribution in [0.25, 0.3) is 0 Å². The molecule has 2 N–H and O–H groups in total. The zero-order chi connectivity index (χ0) is 14.4. The highest BCUT2D eigenvalue weighted by Gasteiger charge is 2.04. The van der Waals surface area contributed by atoms with Crippen molar-refractivity contribution in [3.63, 3.8) is 0 Å². The molecule has 0 fully saturated rings. The Bertz CT molecular complexity index is 566. The van der Waals surface area contributed by atoms with Gasteiger partial charge in [-0.2, -0.15) is 4.98 Å². The van der Waals surface area contributed by atoms with Gasteiger partial charge in [0.15, 0.2) is 0 Å². The Balaban J connectivity index is 2.07. The molecule has 0 radical (unpaired) electrons. The standard InChI is InChI=1S/C16H22N4/c1-4-9-17-16-19-10-13(3)15(20-16)18-11-14-8-6-5-7-12(14)2/h5-8,10H,4,9,11H2,1-3H3,(H2,17,18,19,20). The monoisotopic (exact) mass is 270 g/mol. The predicted molar refractivity (Wildman–Crippen MR) is 84.1 cm³/mol. The topological polar surface area (TPSA) is 49.8 Å². The Morgan fingerprint density at radius 2 is 1.85 bits per heavy atom. The SMILES string of the molecule is CCCNc1ncc(C)c(NCc2ccccc2C)n1. The van der Waals surface area contributed by atoms with Crippen molar-refractivity contribution in [2.45, 2.75) is 33.7 Å². The minimum absolute atomic E-state index is 0.685. The predicted octanol–water partition coefficient (Wildman–Crippen LogP) is 3.53. The highest BCUT2D eigenvalue weighted by atomic mass is 15.1. The van der Waals surface area contributed by atoms with E-state index in [2.05, 4.69) is 58.7 Å². The fraction of sp³-hybridized carbons (Fsp3) is 0.375. The van der Waals surface area contributed by atoms with Crippen molar-refractivity contribution in [3.8, 4) is 0 Å². The minimum atomic E-state index is 0.685. The molecule has 1 heterocycles. The first-order valence-corrected chi connectivity index (χ1v) is 7.06. The van der Waals surface area contributed by atoms with Crippen molar-refractivity contribution in [2.24, 2.45) is 0 Å². The molecule has 4 nitrogen and oxygen atoms in total. The van der Waals surface area contributed by atoms with Crippen LogP contribution in [0.3, 0.4) is 0 Å². The van der Waals surface area contributed by atoms with Crippen LogP contribution in [-0.4, -0.2) is 16.5 Å². The van der Waals surface area contributed by atoms with Gasteiger partial charge in [-0.05, 0) is 31.4 Å². The van der Waals surface area contributed by atoms with E-state index in [-0.39, 0.29) is 0 Å². The van der Waals surface area contributed by atoms with Crippen LogP contribution < -0.4 is 10.6 Å². The molecule has 2 rings (SSSR count). The Kier molecular flexibility index (Phi) is 4.93. The molecule has 4 heteroatoms. The van der Waals surface area contributed by atoms with Crippen LogP contribution in [0.2, 0.25) is 0 Å². The third-order valence-corrected chi connectivity index (χ3v) is 3.21. The number of anilines is 2. The molecule has 0 unspecified atom stereocenters. The van der Waals surface area contributed by atoms with Gasteiger partial charge in [-0.3, -0.25) is 0 Å². The first kappa shape index (κ1) is 14.3. The Morgan fingerprint density at radius 3 is 2.60 bits per heavy atom. The number of nitrogens with zero attached hydrogens (tertiary/aromatic N) is 2. The second-order valence-electron chi connectivity index (χ2n) is 4.93. The molecule has 1 aromatic carbocycles.